The number of aliphatic carboxylic acids is 1. The van der Waals surface area contributed by atoms with Crippen LogP contribution in [0.5, 0.6) is 5.75 Å². The summed E-state index contributed by atoms with van der Waals surface area (Å²) in [4.78, 5) is 72.8. The fourth-order valence-corrected chi connectivity index (χ4v) is 6.92. The predicted octanol–water partition coefficient (Wildman–Crippen LogP) is 4.54. The highest BCUT2D eigenvalue weighted by molar-refractivity contribution is 6.05. The smallest absolute Gasteiger partial charge is 0.303 e. The highest BCUT2D eigenvalue weighted by Gasteiger charge is 2.23. The summed E-state index contributed by atoms with van der Waals surface area (Å²) >= 11 is 0. The molecule has 0 saturated heterocycles. The Morgan fingerprint density at radius 1 is 0.800 bits per heavy atom. The summed E-state index contributed by atoms with van der Waals surface area (Å²) in [6.45, 7) is 9.18. The van der Waals surface area contributed by atoms with Gasteiger partial charge in [-0.2, -0.15) is 10.2 Å². The molecule has 5 N–H and O–H groups in total. The lowest BCUT2D eigenvalue weighted by atomic mass is 10.0. The number of amides is 3. The van der Waals surface area contributed by atoms with E-state index in [1.165, 1.54) is 12.1 Å². The van der Waals surface area contributed by atoms with Crippen molar-refractivity contribution in [1.82, 2.24) is 38.7 Å². The average molecular weight is 822 g/mol. The second kappa shape index (κ2) is 18.6. The molecule has 0 aliphatic carbocycles. The van der Waals surface area contributed by atoms with Gasteiger partial charge in [0.05, 0.1) is 34.5 Å². The molecule has 60 heavy (non-hydrogen) atoms. The number of primary amides is 1. The highest BCUT2D eigenvalue weighted by Crippen LogP contribution is 2.32. The maximum Gasteiger partial charge on any atom is 0.303 e. The molecule has 6 aromatic rings. The monoisotopic (exact) mass is 821 g/mol. The Kier molecular flexibility index (Phi) is 13.2. The lowest BCUT2D eigenvalue weighted by Gasteiger charge is -2.13. The van der Waals surface area contributed by atoms with E-state index in [-0.39, 0.29) is 50.0 Å². The van der Waals surface area contributed by atoms with Crippen LogP contribution in [0.15, 0.2) is 48.6 Å². The van der Waals surface area contributed by atoms with Crippen molar-refractivity contribution in [3.63, 3.8) is 0 Å². The Bertz CT molecular complexity index is 2630. The number of nitrogens with zero attached hydrogens (tertiary/aromatic N) is 8. The Morgan fingerprint density at radius 2 is 1.37 bits per heavy atom. The number of nitrogens with two attached hydrogens (primary N) is 1. The number of hydrogen-bond acceptors (Lipinski definition) is 11. The minimum Gasteiger partial charge on any atom is -0.491 e. The molecule has 314 valence electrons. The number of fused-ring (bicyclic) bond motifs is 2. The van der Waals surface area contributed by atoms with Gasteiger partial charge in [-0.15, -0.1) is 0 Å². The molecule has 4 heterocycles. The fraction of sp³-hybridized carbons (Fsp3) is 0.341. The van der Waals surface area contributed by atoms with Gasteiger partial charge in [0.15, 0.2) is 0 Å². The number of aldehydes is 1. The summed E-state index contributed by atoms with van der Waals surface area (Å²) < 4.78 is 18.0. The van der Waals surface area contributed by atoms with E-state index in [4.69, 9.17) is 25.2 Å². The number of hydrogen-bond donors (Lipinski definition) is 4. The van der Waals surface area contributed by atoms with E-state index in [1.54, 1.807) is 63.7 Å². The number of ether oxygens (including phenoxy) is 2. The summed E-state index contributed by atoms with van der Waals surface area (Å²) in [5, 5.41) is 24.1. The van der Waals surface area contributed by atoms with E-state index in [0.717, 1.165) is 0 Å². The molecule has 6 rings (SSSR count). The van der Waals surface area contributed by atoms with Gasteiger partial charge in [0.2, 0.25) is 17.8 Å². The number of carbonyl (C=O) groups excluding carboxylic acids is 4. The van der Waals surface area contributed by atoms with Crippen molar-refractivity contribution >= 4 is 63.9 Å². The standard InChI is InChI=1S/C41H47N11O8/c1-6-51-31(17-24(3)47-51)38(57)45-40-43-29-20-26(23-53)19-27(11-12-34(54)55)35(29)49(40)13-8-9-14-50-36-30(21-28(37(42)56)22-33(36)60-16-10-15-59-5)44-41(50)46-39(58)32-18-25(4)48-52(32)7-2/h8-9,17-23H,6-7,10-16H2,1-5H3,(H2,42,56)(H,54,55)(H,43,45,57)(H,44,46,58)/b9-8+. The van der Waals surface area contributed by atoms with Crippen LogP contribution < -0.4 is 21.1 Å². The maximum absolute atomic E-state index is 13.7. The van der Waals surface area contributed by atoms with Gasteiger partial charge in [0.25, 0.3) is 11.8 Å². The Labute approximate surface area is 344 Å². The van der Waals surface area contributed by atoms with Gasteiger partial charge < -0.3 is 29.4 Å². The number of methoxy groups -OCH3 is 1. The SMILES string of the molecule is CCn1nc(C)cc1C(=O)Nc1nc2cc(C=O)cc(CCC(=O)O)c2n1C/C=C/Cn1c(NC(=O)c2cc(C)nn2CC)nc2cc(C(N)=O)cc(OCCCOC)c21. The third-order valence-corrected chi connectivity index (χ3v) is 9.59. The molecule has 0 bridgehead atoms. The van der Waals surface area contributed by atoms with Crippen LogP contribution in [0, 0.1) is 13.8 Å². The van der Waals surface area contributed by atoms with Gasteiger partial charge >= 0.3 is 5.97 Å². The third-order valence-electron chi connectivity index (χ3n) is 9.59. The van der Waals surface area contributed by atoms with Crippen molar-refractivity contribution in [2.45, 2.75) is 73.1 Å². The van der Waals surface area contributed by atoms with Crippen molar-refractivity contribution in [3.8, 4) is 5.75 Å². The largest absolute Gasteiger partial charge is 0.491 e. The molecule has 0 aliphatic rings. The number of carboxylic acids is 1. The van der Waals surface area contributed by atoms with Crippen LogP contribution in [0.1, 0.15) is 85.3 Å². The summed E-state index contributed by atoms with van der Waals surface area (Å²) in [7, 11) is 1.58. The van der Waals surface area contributed by atoms with Crippen molar-refractivity contribution in [1.29, 1.82) is 0 Å². The fourth-order valence-electron chi connectivity index (χ4n) is 6.92. The number of aryl methyl sites for hydroxylation is 5. The van der Waals surface area contributed by atoms with Gasteiger partial charge in [-0.25, -0.2) is 9.97 Å². The van der Waals surface area contributed by atoms with Crippen LogP contribution in [-0.2, 0) is 42.1 Å². The van der Waals surface area contributed by atoms with E-state index in [1.807, 2.05) is 26.0 Å². The van der Waals surface area contributed by atoms with Crippen LogP contribution in [0.25, 0.3) is 22.1 Å². The van der Waals surface area contributed by atoms with Gasteiger partial charge in [-0.05, 0) is 76.1 Å². The van der Waals surface area contributed by atoms with Crippen molar-refractivity contribution in [2.24, 2.45) is 5.73 Å². The minimum absolute atomic E-state index is 0.0963. The van der Waals surface area contributed by atoms with Gasteiger partial charge in [0, 0.05) is 63.9 Å². The van der Waals surface area contributed by atoms with Crippen LogP contribution in [0.4, 0.5) is 11.9 Å². The summed E-state index contributed by atoms with van der Waals surface area (Å²) in [6, 6.07) is 9.60. The van der Waals surface area contributed by atoms with E-state index >= 15 is 0 Å². The number of carboxylic acid groups (broad SMARTS) is 1. The van der Waals surface area contributed by atoms with Gasteiger partial charge in [0.1, 0.15) is 28.9 Å². The van der Waals surface area contributed by atoms with E-state index in [9.17, 15) is 29.1 Å². The molecule has 0 aliphatic heterocycles. The predicted molar refractivity (Wildman–Crippen MR) is 222 cm³/mol. The summed E-state index contributed by atoms with van der Waals surface area (Å²) in [6.07, 6.45) is 4.74. The van der Waals surface area contributed by atoms with Crippen LogP contribution in [0.3, 0.4) is 0 Å². The molecule has 2 aromatic carbocycles. The Morgan fingerprint density at radius 3 is 1.88 bits per heavy atom. The van der Waals surface area contributed by atoms with Crippen LogP contribution in [-0.4, -0.2) is 94.1 Å². The Balaban J connectivity index is 1.42. The number of aromatic nitrogens is 8. The number of rotatable bonds is 20. The first-order chi connectivity index (χ1) is 28.8. The van der Waals surface area contributed by atoms with E-state index in [0.29, 0.717) is 94.1 Å². The summed E-state index contributed by atoms with van der Waals surface area (Å²) in [5.41, 5.74) is 10.5. The molecular formula is C41H47N11O8. The first kappa shape index (κ1) is 42.5. The van der Waals surface area contributed by atoms with Crippen molar-refractivity contribution in [3.05, 3.63) is 88.0 Å². The highest BCUT2D eigenvalue weighted by atomic mass is 16.5. The number of carbonyl (C=O) groups is 5. The average Bonchev–Trinajstić information content (AvgIpc) is 3.99. The second-order valence-electron chi connectivity index (χ2n) is 13.9. The topological polar surface area (TPSA) is 245 Å². The molecule has 4 aromatic heterocycles. The van der Waals surface area contributed by atoms with Crippen molar-refractivity contribution in [2.75, 3.05) is 31.0 Å². The van der Waals surface area contributed by atoms with Crippen molar-refractivity contribution < 1.29 is 38.6 Å². The maximum atomic E-state index is 13.7. The molecule has 0 fully saturated rings. The lowest BCUT2D eigenvalue weighted by Crippen LogP contribution is -2.20. The molecule has 3 amide bonds. The molecular weight excluding hydrogens is 775 g/mol. The molecule has 0 unspecified atom stereocenters. The van der Waals surface area contributed by atoms with Crippen LogP contribution in [0.2, 0.25) is 0 Å². The zero-order valence-corrected chi connectivity index (χ0v) is 34.0. The van der Waals surface area contributed by atoms with Gasteiger partial charge in [-0.3, -0.25) is 44.0 Å². The quantitative estimate of drug-likeness (QED) is 0.0471. The molecule has 0 spiro atoms. The first-order valence-electron chi connectivity index (χ1n) is 19.4. The van der Waals surface area contributed by atoms with E-state index in [2.05, 4.69) is 20.8 Å². The van der Waals surface area contributed by atoms with E-state index < -0.39 is 23.7 Å². The van der Waals surface area contributed by atoms with Crippen LogP contribution >= 0.6 is 0 Å². The lowest BCUT2D eigenvalue weighted by molar-refractivity contribution is -0.136. The third kappa shape index (κ3) is 9.25. The molecule has 0 saturated carbocycles. The zero-order valence-electron chi connectivity index (χ0n) is 34.0. The molecule has 19 nitrogen and oxygen atoms in total. The zero-order chi connectivity index (χ0) is 43.1. The first-order valence-corrected chi connectivity index (χ1v) is 19.4. The number of nitrogens with one attached hydrogen (secondary N) is 2. The summed E-state index contributed by atoms with van der Waals surface area (Å²) in [5.74, 6) is -1.98. The second-order valence-corrected chi connectivity index (χ2v) is 13.9. The number of imidazole rings is 2. The Hall–Kier alpha value is -7.15. The van der Waals surface area contributed by atoms with Gasteiger partial charge in [-0.1, -0.05) is 12.2 Å². The minimum atomic E-state index is -1.02. The molecule has 19 heteroatoms. The number of anilines is 2. The number of allylic oxidation sites excluding steroid dienone is 2. The normalized spacial score (nSPS) is 11.5. The molecule has 0 atom stereocenters. The molecule has 0 radical (unpaired) electrons. The number of benzene rings is 2.